The SMILES string of the molecule is CCOc1ccc(/C=N/NS(=O)(=O)c2cc(C(C)(C)C)ccc2C)cc1OCC. The molecule has 0 aliphatic carbocycles. The molecule has 1 N–H and O–H groups in total. The zero-order valence-electron chi connectivity index (χ0n) is 17.9. The van der Waals surface area contributed by atoms with Crippen molar-refractivity contribution in [1.29, 1.82) is 0 Å². The van der Waals surface area contributed by atoms with Gasteiger partial charge in [-0.3, -0.25) is 0 Å². The highest BCUT2D eigenvalue weighted by Crippen LogP contribution is 2.28. The molecule has 158 valence electrons. The van der Waals surface area contributed by atoms with E-state index in [0.29, 0.717) is 35.8 Å². The fraction of sp³-hybridized carbons (Fsp3) is 0.409. The summed E-state index contributed by atoms with van der Waals surface area (Å²) in [4.78, 5) is 2.53. The summed E-state index contributed by atoms with van der Waals surface area (Å²) in [5.74, 6) is 1.23. The van der Waals surface area contributed by atoms with E-state index in [1.54, 1.807) is 31.2 Å². The van der Waals surface area contributed by atoms with E-state index in [4.69, 9.17) is 9.47 Å². The summed E-state index contributed by atoms with van der Waals surface area (Å²) in [7, 11) is -3.78. The summed E-state index contributed by atoms with van der Waals surface area (Å²) in [6.07, 6.45) is 1.44. The van der Waals surface area contributed by atoms with Gasteiger partial charge in [0.05, 0.1) is 24.3 Å². The third kappa shape index (κ3) is 5.97. The second kappa shape index (κ2) is 9.31. The second-order valence-electron chi connectivity index (χ2n) is 7.66. The van der Waals surface area contributed by atoms with Crippen LogP contribution in [-0.2, 0) is 15.4 Å². The smallest absolute Gasteiger partial charge is 0.276 e. The van der Waals surface area contributed by atoms with Crippen LogP contribution in [0.1, 0.15) is 51.3 Å². The molecular formula is C22H30N2O4S. The first-order chi connectivity index (χ1) is 13.6. The van der Waals surface area contributed by atoms with Crippen molar-refractivity contribution < 1.29 is 17.9 Å². The maximum Gasteiger partial charge on any atom is 0.276 e. The van der Waals surface area contributed by atoms with Crippen LogP contribution in [0.25, 0.3) is 0 Å². The molecule has 0 bridgehead atoms. The summed E-state index contributed by atoms with van der Waals surface area (Å²) in [6, 6.07) is 10.8. The Morgan fingerprint density at radius 3 is 2.28 bits per heavy atom. The highest BCUT2D eigenvalue weighted by molar-refractivity contribution is 7.89. The highest BCUT2D eigenvalue weighted by atomic mass is 32.2. The van der Waals surface area contributed by atoms with Crippen LogP contribution >= 0.6 is 0 Å². The monoisotopic (exact) mass is 418 g/mol. The van der Waals surface area contributed by atoms with Gasteiger partial charge in [0, 0.05) is 0 Å². The Morgan fingerprint density at radius 1 is 1.00 bits per heavy atom. The molecule has 0 radical (unpaired) electrons. The molecule has 0 aliphatic rings. The van der Waals surface area contributed by atoms with E-state index in [1.165, 1.54) is 6.21 Å². The number of hydrogen-bond donors (Lipinski definition) is 1. The van der Waals surface area contributed by atoms with E-state index in [-0.39, 0.29) is 10.3 Å². The normalized spacial score (nSPS) is 12.2. The van der Waals surface area contributed by atoms with Gasteiger partial charge < -0.3 is 9.47 Å². The van der Waals surface area contributed by atoms with Crippen LogP contribution < -0.4 is 14.3 Å². The van der Waals surface area contributed by atoms with Crippen molar-refractivity contribution in [2.45, 2.75) is 51.9 Å². The quantitative estimate of drug-likeness (QED) is 0.509. The zero-order chi connectivity index (χ0) is 21.7. The van der Waals surface area contributed by atoms with Gasteiger partial charge in [-0.25, -0.2) is 4.83 Å². The van der Waals surface area contributed by atoms with E-state index < -0.39 is 10.0 Å². The first-order valence-electron chi connectivity index (χ1n) is 9.64. The van der Waals surface area contributed by atoms with Gasteiger partial charge in [-0.15, -0.1) is 0 Å². The van der Waals surface area contributed by atoms with Gasteiger partial charge in [-0.2, -0.15) is 13.5 Å². The van der Waals surface area contributed by atoms with Crippen LogP contribution in [0, 0.1) is 6.92 Å². The van der Waals surface area contributed by atoms with E-state index in [1.807, 2.05) is 46.8 Å². The highest BCUT2D eigenvalue weighted by Gasteiger charge is 2.21. The molecule has 29 heavy (non-hydrogen) atoms. The lowest BCUT2D eigenvalue weighted by Gasteiger charge is -2.20. The van der Waals surface area contributed by atoms with Crippen LogP contribution in [0.4, 0.5) is 0 Å². The average molecular weight is 419 g/mol. The van der Waals surface area contributed by atoms with Crippen molar-refractivity contribution >= 4 is 16.2 Å². The number of rotatable bonds is 8. The average Bonchev–Trinajstić information content (AvgIpc) is 2.63. The standard InChI is InChI=1S/C22H30N2O4S/c1-7-27-19-12-10-17(13-20(19)28-8-2)15-23-24-29(25,26)21-14-18(22(4,5)6)11-9-16(21)3/h9-15,24H,7-8H2,1-6H3/b23-15+. The molecule has 0 atom stereocenters. The van der Waals surface area contributed by atoms with Gasteiger partial charge in [0.2, 0.25) is 0 Å². The van der Waals surface area contributed by atoms with Crippen molar-refractivity contribution in [3.8, 4) is 11.5 Å². The van der Waals surface area contributed by atoms with Crippen molar-refractivity contribution in [3.05, 3.63) is 53.1 Å². The van der Waals surface area contributed by atoms with Crippen LogP contribution in [0.15, 0.2) is 46.4 Å². The molecule has 7 heteroatoms. The maximum absolute atomic E-state index is 12.8. The summed E-state index contributed by atoms with van der Waals surface area (Å²) < 4.78 is 36.6. The molecule has 6 nitrogen and oxygen atoms in total. The van der Waals surface area contributed by atoms with Gasteiger partial charge >= 0.3 is 0 Å². The number of hydrazone groups is 1. The molecule has 0 aromatic heterocycles. The number of nitrogens with zero attached hydrogens (tertiary/aromatic N) is 1. The summed E-state index contributed by atoms with van der Waals surface area (Å²) in [5.41, 5.74) is 2.15. The molecule has 0 spiro atoms. The van der Waals surface area contributed by atoms with E-state index in [0.717, 1.165) is 5.56 Å². The van der Waals surface area contributed by atoms with Gasteiger partial charge in [0.15, 0.2) is 11.5 Å². The zero-order valence-corrected chi connectivity index (χ0v) is 18.8. The second-order valence-corrected chi connectivity index (χ2v) is 9.28. The Morgan fingerprint density at radius 2 is 1.66 bits per heavy atom. The fourth-order valence-corrected chi connectivity index (χ4v) is 3.79. The van der Waals surface area contributed by atoms with Crippen molar-refractivity contribution in [2.75, 3.05) is 13.2 Å². The Labute approximate surface area is 174 Å². The molecule has 2 aromatic carbocycles. The number of sulfonamides is 1. The molecule has 2 aromatic rings. The largest absolute Gasteiger partial charge is 0.490 e. The molecular weight excluding hydrogens is 388 g/mol. The predicted octanol–water partition coefficient (Wildman–Crippen LogP) is 4.40. The van der Waals surface area contributed by atoms with Crippen LogP contribution in [0.2, 0.25) is 0 Å². The number of nitrogens with one attached hydrogen (secondary N) is 1. The minimum atomic E-state index is -3.78. The molecule has 0 unspecified atom stereocenters. The molecule has 2 rings (SSSR count). The van der Waals surface area contributed by atoms with Crippen molar-refractivity contribution in [3.63, 3.8) is 0 Å². The van der Waals surface area contributed by atoms with E-state index in [9.17, 15) is 8.42 Å². The Hall–Kier alpha value is -2.54. The van der Waals surface area contributed by atoms with E-state index in [2.05, 4.69) is 9.93 Å². The Kier molecular flexibility index (Phi) is 7.30. The van der Waals surface area contributed by atoms with Crippen LogP contribution in [0.3, 0.4) is 0 Å². The number of benzene rings is 2. The Bertz CT molecular complexity index is 977. The third-order valence-electron chi connectivity index (χ3n) is 4.30. The summed E-state index contributed by atoms with van der Waals surface area (Å²) in [6.45, 7) is 12.7. The van der Waals surface area contributed by atoms with Gasteiger partial charge in [-0.1, -0.05) is 32.9 Å². The van der Waals surface area contributed by atoms with Crippen LogP contribution in [0.5, 0.6) is 11.5 Å². The van der Waals surface area contributed by atoms with Crippen LogP contribution in [-0.4, -0.2) is 27.8 Å². The molecule has 0 saturated heterocycles. The molecule has 0 heterocycles. The first-order valence-corrected chi connectivity index (χ1v) is 11.1. The lowest BCUT2D eigenvalue weighted by molar-refractivity contribution is 0.288. The summed E-state index contributed by atoms with van der Waals surface area (Å²) >= 11 is 0. The third-order valence-corrected chi connectivity index (χ3v) is 5.66. The summed E-state index contributed by atoms with van der Waals surface area (Å²) in [5, 5.41) is 3.94. The van der Waals surface area contributed by atoms with E-state index >= 15 is 0 Å². The molecule has 0 saturated carbocycles. The minimum Gasteiger partial charge on any atom is -0.490 e. The maximum atomic E-state index is 12.8. The molecule has 0 amide bonds. The molecule has 0 aliphatic heterocycles. The Balaban J connectivity index is 2.24. The lowest BCUT2D eigenvalue weighted by Crippen LogP contribution is -2.21. The van der Waals surface area contributed by atoms with Gasteiger partial charge in [0.1, 0.15) is 0 Å². The first kappa shape index (κ1) is 22.7. The lowest BCUT2D eigenvalue weighted by atomic mass is 9.87. The number of aryl methyl sites for hydroxylation is 1. The van der Waals surface area contributed by atoms with Crippen molar-refractivity contribution in [1.82, 2.24) is 4.83 Å². The van der Waals surface area contributed by atoms with Gasteiger partial charge in [-0.05, 0) is 67.1 Å². The topological polar surface area (TPSA) is 77.0 Å². The molecule has 0 fully saturated rings. The minimum absolute atomic E-state index is 0.154. The number of ether oxygens (including phenoxy) is 2. The van der Waals surface area contributed by atoms with Crippen molar-refractivity contribution in [2.24, 2.45) is 5.10 Å². The number of hydrogen-bond acceptors (Lipinski definition) is 5. The predicted molar refractivity (Wildman–Crippen MR) is 117 cm³/mol. The van der Waals surface area contributed by atoms with Gasteiger partial charge in [0.25, 0.3) is 10.0 Å². The fourth-order valence-electron chi connectivity index (χ4n) is 2.72.